The van der Waals surface area contributed by atoms with Crippen LogP contribution < -0.4 is 5.32 Å². The minimum Gasteiger partial charge on any atom is -0.465 e. The molecular formula is C16H23NO2. The summed E-state index contributed by atoms with van der Waals surface area (Å²) >= 11 is 0. The second-order valence-electron chi connectivity index (χ2n) is 5.37. The summed E-state index contributed by atoms with van der Waals surface area (Å²) in [4.78, 5) is 12.5. The van der Waals surface area contributed by atoms with Crippen molar-refractivity contribution < 1.29 is 9.53 Å². The first-order valence-electron chi connectivity index (χ1n) is 7.06. The molecule has 3 heteroatoms. The highest BCUT2D eigenvalue weighted by atomic mass is 16.5. The minimum atomic E-state index is -0.461. The minimum absolute atomic E-state index is 0.0646. The monoisotopic (exact) mass is 261 g/mol. The van der Waals surface area contributed by atoms with Gasteiger partial charge in [-0.3, -0.25) is 4.79 Å². The molecule has 0 bridgehead atoms. The van der Waals surface area contributed by atoms with Crippen molar-refractivity contribution in [1.82, 2.24) is 5.32 Å². The highest BCUT2D eigenvalue weighted by Crippen LogP contribution is 2.37. The van der Waals surface area contributed by atoms with Crippen molar-refractivity contribution in [3.05, 3.63) is 34.9 Å². The van der Waals surface area contributed by atoms with Crippen LogP contribution in [-0.2, 0) is 14.9 Å². The summed E-state index contributed by atoms with van der Waals surface area (Å²) in [6.07, 6.45) is 1.63. The predicted octanol–water partition coefficient (Wildman–Crippen LogP) is 2.49. The molecule has 0 saturated carbocycles. The van der Waals surface area contributed by atoms with Gasteiger partial charge in [0.2, 0.25) is 0 Å². The highest BCUT2D eigenvalue weighted by molar-refractivity contribution is 5.84. The fourth-order valence-electron chi connectivity index (χ4n) is 2.96. The Bertz CT molecular complexity index is 462. The molecule has 1 aliphatic rings. The molecule has 0 aliphatic carbocycles. The fraction of sp³-hybridized carbons (Fsp3) is 0.562. The number of piperidine rings is 1. The Balaban J connectivity index is 2.47. The lowest BCUT2D eigenvalue weighted by Gasteiger charge is -2.36. The molecule has 0 aromatic heterocycles. The first-order valence-corrected chi connectivity index (χ1v) is 7.06. The lowest BCUT2D eigenvalue weighted by Crippen LogP contribution is -2.47. The highest BCUT2D eigenvalue weighted by Gasteiger charge is 2.43. The van der Waals surface area contributed by atoms with Gasteiger partial charge >= 0.3 is 5.97 Å². The topological polar surface area (TPSA) is 38.3 Å². The van der Waals surface area contributed by atoms with Gasteiger partial charge in [-0.15, -0.1) is 0 Å². The largest absolute Gasteiger partial charge is 0.465 e. The number of hydrogen-bond acceptors (Lipinski definition) is 3. The summed E-state index contributed by atoms with van der Waals surface area (Å²) in [6.45, 7) is 8.20. The van der Waals surface area contributed by atoms with Gasteiger partial charge in [0.15, 0.2) is 0 Å². The average molecular weight is 261 g/mol. The molecule has 19 heavy (non-hydrogen) atoms. The van der Waals surface area contributed by atoms with Crippen LogP contribution in [0, 0.1) is 13.8 Å². The van der Waals surface area contributed by atoms with Crippen LogP contribution >= 0.6 is 0 Å². The smallest absolute Gasteiger partial charge is 0.316 e. The third-order valence-electron chi connectivity index (χ3n) is 4.03. The van der Waals surface area contributed by atoms with Gasteiger partial charge in [-0.05, 0) is 57.8 Å². The summed E-state index contributed by atoms with van der Waals surface area (Å²) in [5.41, 5.74) is 3.06. The molecule has 1 aromatic rings. The summed E-state index contributed by atoms with van der Waals surface area (Å²) < 4.78 is 5.37. The molecule has 0 radical (unpaired) electrons. The molecule has 2 rings (SSSR count). The quantitative estimate of drug-likeness (QED) is 0.850. The summed E-state index contributed by atoms with van der Waals surface area (Å²) in [6, 6.07) is 6.35. The maximum atomic E-state index is 12.5. The van der Waals surface area contributed by atoms with Crippen molar-refractivity contribution in [3.63, 3.8) is 0 Å². The van der Waals surface area contributed by atoms with E-state index < -0.39 is 5.41 Å². The van der Waals surface area contributed by atoms with Crippen LogP contribution in [0.15, 0.2) is 18.2 Å². The van der Waals surface area contributed by atoms with Gasteiger partial charge in [0.1, 0.15) is 0 Å². The summed E-state index contributed by atoms with van der Waals surface area (Å²) in [7, 11) is 0. The molecule has 104 valence electrons. The van der Waals surface area contributed by atoms with Gasteiger partial charge in [0.25, 0.3) is 0 Å². The van der Waals surface area contributed by atoms with Gasteiger partial charge < -0.3 is 10.1 Å². The van der Waals surface area contributed by atoms with Crippen molar-refractivity contribution in [2.24, 2.45) is 0 Å². The molecule has 3 nitrogen and oxygen atoms in total. The third kappa shape index (κ3) is 2.66. The molecule has 0 atom stereocenters. The Morgan fingerprint density at radius 2 is 2.00 bits per heavy atom. The Hall–Kier alpha value is -1.35. The Morgan fingerprint density at radius 3 is 2.63 bits per heavy atom. The van der Waals surface area contributed by atoms with E-state index in [-0.39, 0.29) is 5.97 Å². The van der Waals surface area contributed by atoms with E-state index in [1.807, 2.05) is 6.92 Å². The number of esters is 1. The fourth-order valence-corrected chi connectivity index (χ4v) is 2.96. The van der Waals surface area contributed by atoms with E-state index in [1.54, 1.807) is 0 Å². The van der Waals surface area contributed by atoms with Gasteiger partial charge in [-0.1, -0.05) is 23.8 Å². The van der Waals surface area contributed by atoms with Gasteiger partial charge in [-0.2, -0.15) is 0 Å². The SMILES string of the molecule is CCOC(=O)C1(c2cc(C)ccc2C)CCNCC1. The van der Waals surface area contributed by atoms with E-state index >= 15 is 0 Å². The van der Waals surface area contributed by atoms with Crippen LogP contribution in [0.4, 0.5) is 0 Å². The first kappa shape index (κ1) is 14.1. The average Bonchev–Trinajstić information content (AvgIpc) is 2.42. The number of rotatable bonds is 3. The van der Waals surface area contributed by atoms with Gasteiger partial charge in [-0.25, -0.2) is 0 Å². The molecule has 1 heterocycles. The standard InChI is InChI=1S/C16H23NO2/c1-4-19-15(18)16(7-9-17-10-8-16)14-11-12(2)5-6-13(14)3/h5-6,11,17H,4,7-10H2,1-3H3. The zero-order valence-electron chi connectivity index (χ0n) is 12.1. The number of ether oxygens (including phenoxy) is 1. The van der Waals surface area contributed by atoms with Crippen molar-refractivity contribution in [1.29, 1.82) is 0 Å². The number of hydrogen-bond donors (Lipinski definition) is 1. The number of aryl methyl sites for hydroxylation is 2. The van der Waals surface area contributed by atoms with Crippen LogP contribution in [-0.4, -0.2) is 25.7 Å². The second-order valence-corrected chi connectivity index (χ2v) is 5.37. The van der Waals surface area contributed by atoms with Crippen LogP contribution in [0.2, 0.25) is 0 Å². The van der Waals surface area contributed by atoms with E-state index in [2.05, 4.69) is 37.4 Å². The lowest BCUT2D eigenvalue weighted by molar-refractivity contribution is -0.151. The van der Waals surface area contributed by atoms with Gasteiger partial charge in [0.05, 0.1) is 12.0 Å². The maximum Gasteiger partial charge on any atom is 0.316 e. The Labute approximate surface area is 115 Å². The third-order valence-corrected chi connectivity index (χ3v) is 4.03. The first-order chi connectivity index (χ1) is 9.10. The normalized spacial score (nSPS) is 18.1. The molecule has 1 aromatic carbocycles. The van der Waals surface area contributed by atoms with Crippen molar-refractivity contribution >= 4 is 5.97 Å². The van der Waals surface area contributed by atoms with Crippen molar-refractivity contribution in [2.75, 3.05) is 19.7 Å². The van der Waals surface area contributed by atoms with E-state index in [4.69, 9.17) is 4.74 Å². The Morgan fingerprint density at radius 1 is 1.32 bits per heavy atom. The van der Waals surface area contributed by atoms with Crippen LogP contribution in [0.3, 0.4) is 0 Å². The molecule has 0 unspecified atom stereocenters. The van der Waals surface area contributed by atoms with Gasteiger partial charge in [0, 0.05) is 0 Å². The van der Waals surface area contributed by atoms with E-state index in [0.29, 0.717) is 6.61 Å². The predicted molar refractivity (Wildman–Crippen MR) is 76.3 cm³/mol. The van der Waals surface area contributed by atoms with E-state index in [9.17, 15) is 4.79 Å². The Kier molecular flexibility index (Phi) is 4.25. The molecule has 0 spiro atoms. The molecular weight excluding hydrogens is 238 g/mol. The van der Waals surface area contributed by atoms with Crippen molar-refractivity contribution in [2.45, 2.75) is 39.0 Å². The number of nitrogens with one attached hydrogen (secondary N) is 1. The zero-order valence-corrected chi connectivity index (χ0v) is 12.1. The summed E-state index contributed by atoms with van der Waals surface area (Å²) in [5.74, 6) is -0.0646. The molecule has 1 fully saturated rings. The summed E-state index contributed by atoms with van der Waals surface area (Å²) in [5, 5.41) is 3.33. The zero-order chi connectivity index (χ0) is 13.9. The number of benzene rings is 1. The van der Waals surface area contributed by atoms with E-state index in [1.165, 1.54) is 11.1 Å². The molecule has 1 saturated heterocycles. The second kappa shape index (κ2) is 5.74. The molecule has 1 aliphatic heterocycles. The molecule has 1 N–H and O–H groups in total. The molecule has 0 amide bonds. The van der Waals surface area contributed by atoms with Crippen molar-refractivity contribution in [3.8, 4) is 0 Å². The van der Waals surface area contributed by atoms with Crippen LogP contribution in [0.1, 0.15) is 36.5 Å². The van der Waals surface area contributed by atoms with E-state index in [0.717, 1.165) is 31.5 Å². The van der Waals surface area contributed by atoms with Crippen LogP contribution in [0.5, 0.6) is 0 Å². The number of carbonyl (C=O) groups is 1. The maximum absolute atomic E-state index is 12.5. The lowest BCUT2D eigenvalue weighted by atomic mass is 9.71. The number of carbonyl (C=O) groups excluding carboxylic acids is 1. The van der Waals surface area contributed by atoms with Crippen LogP contribution in [0.25, 0.3) is 0 Å².